The lowest BCUT2D eigenvalue weighted by Gasteiger charge is -2.22. The average molecular weight is 276 g/mol. The topological polar surface area (TPSA) is 41.6 Å². The van der Waals surface area contributed by atoms with Gasteiger partial charge in [-0.2, -0.15) is 0 Å². The molecule has 1 atom stereocenters. The third-order valence-electron chi connectivity index (χ3n) is 3.66. The van der Waals surface area contributed by atoms with E-state index in [1.807, 2.05) is 24.3 Å². The molecule has 20 heavy (non-hydrogen) atoms. The molecular weight excluding hydrogens is 252 g/mol. The number of ether oxygens (including phenoxy) is 1. The highest BCUT2D eigenvalue weighted by Gasteiger charge is 2.13. The van der Waals surface area contributed by atoms with Crippen LogP contribution in [0.4, 0.5) is 5.69 Å². The number of hydrogen-bond acceptors (Lipinski definition) is 3. The van der Waals surface area contributed by atoms with E-state index in [2.05, 4.69) is 5.32 Å². The predicted octanol–water partition coefficient (Wildman–Crippen LogP) is 2.16. The van der Waals surface area contributed by atoms with Crippen LogP contribution in [0.2, 0.25) is 0 Å². The van der Waals surface area contributed by atoms with Crippen LogP contribution in [0.1, 0.15) is 18.4 Å². The molecule has 0 aromatic heterocycles. The number of carbonyl (C=O) groups is 1. The van der Waals surface area contributed by atoms with Gasteiger partial charge in [-0.15, -0.1) is 0 Å². The van der Waals surface area contributed by atoms with Crippen molar-refractivity contribution in [3.05, 3.63) is 29.8 Å². The molecule has 1 saturated heterocycles. The number of anilines is 1. The van der Waals surface area contributed by atoms with Crippen LogP contribution >= 0.6 is 0 Å². The van der Waals surface area contributed by atoms with E-state index in [1.54, 1.807) is 19.0 Å². The fourth-order valence-corrected chi connectivity index (χ4v) is 2.30. The van der Waals surface area contributed by atoms with Gasteiger partial charge in [0.25, 0.3) is 0 Å². The Morgan fingerprint density at radius 1 is 1.35 bits per heavy atom. The monoisotopic (exact) mass is 276 g/mol. The van der Waals surface area contributed by atoms with Gasteiger partial charge in [0.05, 0.1) is 13.0 Å². The van der Waals surface area contributed by atoms with E-state index in [0.29, 0.717) is 12.3 Å². The molecular formula is C16H24N2O2. The van der Waals surface area contributed by atoms with Crippen LogP contribution in [0.15, 0.2) is 24.3 Å². The first kappa shape index (κ1) is 14.9. The first-order valence-electron chi connectivity index (χ1n) is 7.26. The van der Waals surface area contributed by atoms with E-state index in [0.717, 1.165) is 37.4 Å². The van der Waals surface area contributed by atoms with Gasteiger partial charge in [-0.05, 0) is 36.5 Å². The Bertz CT molecular complexity index is 423. The highest BCUT2D eigenvalue weighted by Crippen LogP contribution is 2.16. The van der Waals surface area contributed by atoms with Crippen molar-refractivity contribution in [3.63, 3.8) is 0 Å². The molecule has 0 aliphatic carbocycles. The molecule has 1 aromatic carbocycles. The summed E-state index contributed by atoms with van der Waals surface area (Å²) in [6.45, 7) is 2.73. The number of rotatable bonds is 5. The molecule has 4 nitrogen and oxygen atoms in total. The smallest absolute Gasteiger partial charge is 0.226 e. The third-order valence-corrected chi connectivity index (χ3v) is 3.66. The largest absolute Gasteiger partial charge is 0.385 e. The first-order chi connectivity index (χ1) is 9.65. The van der Waals surface area contributed by atoms with E-state index in [-0.39, 0.29) is 5.91 Å². The van der Waals surface area contributed by atoms with Crippen LogP contribution in [0.5, 0.6) is 0 Å². The van der Waals surface area contributed by atoms with E-state index in [1.165, 1.54) is 6.42 Å². The predicted molar refractivity (Wildman–Crippen MR) is 80.9 cm³/mol. The maximum absolute atomic E-state index is 11.6. The lowest BCUT2D eigenvalue weighted by molar-refractivity contribution is -0.127. The second-order valence-electron chi connectivity index (χ2n) is 5.63. The van der Waals surface area contributed by atoms with Gasteiger partial charge in [-0.25, -0.2) is 0 Å². The fraction of sp³-hybridized carbons (Fsp3) is 0.562. The molecule has 4 heteroatoms. The van der Waals surface area contributed by atoms with E-state index < -0.39 is 0 Å². The molecule has 2 rings (SSSR count). The Labute approximate surface area is 121 Å². The second kappa shape index (κ2) is 7.29. The van der Waals surface area contributed by atoms with Crippen LogP contribution in [0.25, 0.3) is 0 Å². The van der Waals surface area contributed by atoms with Crippen molar-refractivity contribution < 1.29 is 9.53 Å². The summed E-state index contributed by atoms with van der Waals surface area (Å²) >= 11 is 0. The normalized spacial score (nSPS) is 18.6. The van der Waals surface area contributed by atoms with Crippen LogP contribution < -0.4 is 5.32 Å². The van der Waals surface area contributed by atoms with Crippen LogP contribution in [-0.4, -0.2) is 44.7 Å². The van der Waals surface area contributed by atoms with Crippen molar-refractivity contribution in [3.8, 4) is 0 Å². The Morgan fingerprint density at radius 3 is 2.70 bits per heavy atom. The average Bonchev–Trinajstić information content (AvgIpc) is 2.47. The van der Waals surface area contributed by atoms with Gasteiger partial charge < -0.3 is 15.0 Å². The maximum atomic E-state index is 11.6. The molecule has 0 saturated carbocycles. The summed E-state index contributed by atoms with van der Waals surface area (Å²) in [7, 11) is 3.56. The lowest BCUT2D eigenvalue weighted by Crippen LogP contribution is -2.24. The summed E-state index contributed by atoms with van der Waals surface area (Å²) in [6, 6.07) is 8.12. The summed E-state index contributed by atoms with van der Waals surface area (Å²) < 4.78 is 5.47. The molecule has 1 amide bonds. The molecule has 110 valence electrons. The number of nitrogens with one attached hydrogen (secondary N) is 1. The molecule has 0 bridgehead atoms. The van der Waals surface area contributed by atoms with Crippen LogP contribution in [0.3, 0.4) is 0 Å². The van der Waals surface area contributed by atoms with Crippen molar-refractivity contribution >= 4 is 11.6 Å². The summed E-state index contributed by atoms with van der Waals surface area (Å²) in [5.74, 6) is 0.740. The highest BCUT2D eigenvalue weighted by molar-refractivity contribution is 5.78. The molecule has 1 aliphatic rings. The Morgan fingerprint density at radius 2 is 2.10 bits per heavy atom. The minimum absolute atomic E-state index is 0.130. The zero-order chi connectivity index (χ0) is 14.4. The van der Waals surface area contributed by atoms with E-state index in [4.69, 9.17) is 4.74 Å². The summed E-state index contributed by atoms with van der Waals surface area (Å²) in [6.07, 6.45) is 2.87. The van der Waals surface area contributed by atoms with Gasteiger partial charge in [0.15, 0.2) is 0 Å². The van der Waals surface area contributed by atoms with Crippen molar-refractivity contribution in [1.29, 1.82) is 0 Å². The maximum Gasteiger partial charge on any atom is 0.226 e. The molecule has 0 radical (unpaired) electrons. The Hall–Kier alpha value is -1.55. The molecule has 1 aliphatic heterocycles. The molecule has 0 spiro atoms. The first-order valence-corrected chi connectivity index (χ1v) is 7.26. The summed E-state index contributed by atoms with van der Waals surface area (Å²) in [4.78, 5) is 13.2. The Balaban J connectivity index is 1.80. The van der Waals surface area contributed by atoms with Crippen molar-refractivity contribution in [2.45, 2.75) is 19.3 Å². The lowest BCUT2D eigenvalue weighted by atomic mass is 10.0. The number of benzene rings is 1. The molecule has 1 aromatic rings. The van der Waals surface area contributed by atoms with Gasteiger partial charge in [-0.3, -0.25) is 4.79 Å². The minimum Gasteiger partial charge on any atom is -0.385 e. The zero-order valence-corrected chi connectivity index (χ0v) is 12.4. The minimum atomic E-state index is 0.130. The molecule has 1 N–H and O–H groups in total. The van der Waals surface area contributed by atoms with Gasteiger partial charge >= 0.3 is 0 Å². The summed E-state index contributed by atoms with van der Waals surface area (Å²) in [5, 5.41) is 3.44. The number of amides is 1. The third kappa shape index (κ3) is 4.53. The molecule has 1 heterocycles. The van der Waals surface area contributed by atoms with Gasteiger partial charge in [0.2, 0.25) is 5.91 Å². The summed E-state index contributed by atoms with van der Waals surface area (Å²) in [5.41, 5.74) is 2.16. The van der Waals surface area contributed by atoms with Crippen LogP contribution in [0, 0.1) is 5.92 Å². The van der Waals surface area contributed by atoms with Crippen molar-refractivity contribution in [2.75, 3.05) is 39.2 Å². The number of nitrogens with zero attached hydrogens (tertiary/aromatic N) is 1. The Kier molecular flexibility index (Phi) is 5.41. The van der Waals surface area contributed by atoms with Gasteiger partial charge in [-0.1, -0.05) is 12.1 Å². The molecule has 1 fully saturated rings. The number of carbonyl (C=O) groups excluding carboxylic acids is 1. The SMILES string of the molecule is CN(C)C(=O)Cc1ccc(NCC2CCCOC2)cc1. The van der Waals surface area contributed by atoms with Gasteiger partial charge in [0.1, 0.15) is 0 Å². The van der Waals surface area contributed by atoms with Crippen molar-refractivity contribution in [1.82, 2.24) is 4.90 Å². The number of likely N-dealkylation sites (N-methyl/N-ethyl adjacent to an activating group) is 1. The second-order valence-corrected chi connectivity index (χ2v) is 5.63. The van der Waals surface area contributed by atoms with Gasteiger partial charge in [0, 0.05) is 32.9 Å². The standard InChI is InChI=1S/C16H24N2O2/c1-18(2)16(19)10-13-5-7-15(8-6-13)17-11-14-4-3-9-20-12-14/h5-8,14,17H,3-4,9-12H2,1-2H3. The van der Waals surface area contributed by atoms with E-state index >= 15 is 0 Å². The van der Waals surface area contributed by atoms with E-state index in [9.17, 15) is 4.79 Å². The van der Waals surface area contributed by atoms with Crippen LogP contribution in [-0.2, 0) is 16.0 Å². The highest BCUT2D eigenvalue weighted by atomic mass is 16.5. The fourth-order valence-electron chi connectivity index (χ4n) is 2.30. The van der Waals surface area contributed by atoms with Crippen molar-refractivity contribution in [2.24, 2.45) is 5.92 Å². The molecule has 1 unspecified atom stereocenters. The zero-order valence-electron chi connectivity index (χ0n) is 12.4. The quantitative estimate of drug-likeness (QED) is 0.896. The number of hydrogen-bond donors (Lipinski definition) is 1.